The van der Waals surface area contributed by atoms with E-state index in [1.807, 2.05) is 0 Å². The van der Waals surface area contributed by atoms with Gasteiger partial charge in [0, 0.05) is 15.7 Å². The minimum absolute atomic E-state index is 0.181. The molecule has 2 rings (SSSR count). The molecule has 4 heteroatoms. The molecule has 0 aliphatic rings. The molecule has 0 saturated carbocycles. The van der Waals surface area contributed by atoms with Gasteiger partial charge in [-0.2, -0.15) is 0 Å². The molecular weight excluding hydrogens is 258 g/mol. The summed E-state index contributed by atoms with van der Waals surface area (Å²) in [5.74, 6) is 0.125. The number of nitrogen functional groups attached to an aromatic ring is 1. The van der Waals surface area contributed by atoms with Gasteiger partial charge in [-0.1, -0.05) is 15.9 Å². The van der Waals surface area contributed by atoms with Crippen molar-refractivity contribution in [1.29, 1.82) is 0 Å². The summed E-state index contributed by atoms with van der Waals surface area (Å²) in [6, 6.07) is 8.38. The number of ketones is 1. The molecule has 0 radical (unpaired) electrons. The molecule has 2 aromatic rings. The van der Waals surface area contributed by atoms with Crippen LogP contribution in [0, 0.1) is 0 Å². The van der Waals surface area contributed by atoms with E-state index < -0.39 is 0 Å². The van der Waals surface area contributed by atoms with E-state index in [0.717, 1.165) is 0 Å². The van der Waals surface area contributed by atoms with Gasteiger partial charge in [0.25, 0.3) is 0 Å². The molecule has 0 aliphatic carbocycles. The molecule has 0 unspecified atom stereocenters. The van der Waals surface area contributed by atoms with Crippen molar-refractivity contribution >= 4 is 27.4 Å². The molecule has 15 heavy (non-hydrogen) atoms. The average Bonchev–Trinajstić information content (AvgIpc) is 2.74. The summed E-state index contributed by atoms with van der Waals surface area (Å²) < 4.78 is 5.74. The number of benzene rings is 1. The lowest BCUT2D eigenvalue weighted by molar-refractivity contribution is 0.101. The number of anilines is 1. The summed E-state index contributed by atoms with van der Waals surface area (Å²) in [5.41, 5.74) is 6.67. The second-order valence-electron chi connectivity index (χ2n) is 3.05. The first-order valence-electron chi connectivity index (χ1n) is 4.31. The molecule has 0 atom stereocenters. The van der Waals surface area contributed by atoms with Crippen LogP contribution in [-0.4, -0.2) is 5.78 Å². The summed E-state index contributed by atoms with van der Waals surface area (Å²) in [5, 5.41) is 0. The van der Waals surface area contributed by atoms with Crippen molar-refractivity contribution in [3.8, 4) is 0 Å². The lowest BCUT2D eigenvalue weighted by Gasteiger charge is -2.02. The van der Waals surface area contributed by atoms with Crippen molar-refractivity contribution in [3.63, 3.8) is 0 Å². The summed E-state index contributed by atoms with van der Waals surface area (Å²) in [6.45, 7) is 0. The monoisotopic (exact) mass is 265 g/mol. The fraction of sp³-hybridized carbons (Fsp3) is 0. The maximum absolute atomic E-state index is 11.9. The largest absolute Gasteiger partial charge is 0.461 e. The van der Waals surface area contributed by atoms with E-state index >= 15 is 0 Å². The molecular formula is C11H8BrNO2. The Labute approximate surface area is 95.0 Å². The molecule has 1 aromatic heterocycles. The lowest BCUT2D eigenvalue weighted by atomic mass is 10.1. The molecule has 0 amide bonds. The topological polar surface area (TPSA) is 56.2 Å². The van der Waals surface area contributed by atoms with Crippen LogP contribution in [0.5, 0.6) is 0 Å². The molecule has 3 nitrogen and oxygen atoms in total. The number of furan rings is 1. The summed E-state index contributed by atoms with van der Waals surface area (Å²) in [7, 11) is 0. The number of hydrogen-bond donors (Lipinski definition) is 1. The van der Waals surface area contributed by atoms with Gasteiger partial charge in [0.1, 0.15) is 0 Å². The minimum atomic E-state index is -0.181. The number of rotatable bonds is 2. The first-order chi connectivity index (χ1) is 7.18. The Morgan fingerprint density at radius 1 is 1.33 bits per heavy atom. The highest BCUT2D eigenvalue weighted by Crippen LogP contribution is 2.22. The Kier molecular flexibility index (Phi) is 2.60. The van der Waals surface area contributed by atoms with E-state index in [4.69, 9.17) is 10.2 Å². The summed E-state index contributed by atoms with van der Waals surface area (Å²) in [4.78, 5) is 11.9. The second kappa shape index (κ2) is 3.90. The fourth-order valence-electron chi connectivity index (χ4n) is 1.26. The molecule has 0 bridgehead atoms. The van der Waals surface area contributed by atoms with Crippen molar-refractivity contribution in [3.05, 3.63) is 52.4 Å². The normalized spacial score (nSPS) is 10.2. The van der Waals surface area contributed by atoms with Crippen LogP contribution in [-0.2, 0) is 0 Å². The van der Waals surface area contributed by atoms with Crippen LogP contribution in [0.4, 0.5) is 5.69 Å². The van der Waals surface area contributed by atoms with Gasteiger partial charge in [-0.15, -0.1) is 0 Å². The Balaban J connectivity index is 2.46. The van der Waals surface area contributed by atoms with E-state index in [1.165, 1.54) is 6.26 Å². The number of halogens is 1. The predicted octanol–water partition coefficient (Wildman–Crippen LogP) is 2.86. The van der Waals surface area contributed by atoms with Gasteiger partial charge >= 0.3 is 0 Å². The Morgan fingerprint density at radius 3 is 2.80 bits per heavy atom. The maximum Gasteiger partial charge on any atom is 0.229 e. The molecule has 1 aromatic carbocycles. The quantitative estimate of drug-likeness (QED) is 0.671. The summed E-state index contributed by atoms with van der Waals surface area (Å²) in [6.07, 6.45) is 1.47. The smallest absolute Gasteiger partial charge is 0.229 e. The highest BCUT2D eigenvalue weighted by molar-refractivity contribution is 9.10. The number of hydrogen-bond acceptors (Lipinski definition) is 3. The van der Waals surface area contributed by atoms with Crippen LogP contribution in [0.15, 0.2) is 45.5 Å². The number of nitrogens with two attached hydrogens (primary N) is 1. The van der Waals surface area contributed by atoms with Crippen LogP contribution in [0.1, 0.15) is 16.1 Å². The van der Waals surface area contributed by atoms with Gasteiger partial charge in [0.15, 0.2) is 5.76 Å². The van der Waals surface area contributed by atoms with Crippen molar-refractivity contribution in [1.82, 2.24) is 0 Å². The summed E-state index contributed by atoms with van der Waals surface area (Å²) >= 11 is 3.30. The SMILES string of the molecule is Nc1ccc(Br)c(C(=O)c2ccco2)c1. The highest BCUT2D eigenvalue weighted by Gasteiger charge is 2.14. The first-order valence-corrected chi connectivity index (χ1v) is 5.11. The third kappa shape index (κ3) is 1.94. The zero-order valence-corrected chi connectivity index (χ0v) is 9.32. The van der Waals surface area contributed by atoms with Gasteiger partial charge in [-0.05, 0) is 30.3 Å². The van der Waals surface area contributed by atoms with Crippen molar-refractivity contribution in [2.45, 2.75) is 0 Å². The first kappa shape index (κ1) is 9.98. The van der Waals surface area contributed by atoms with E-state index in [0.29, 0.717) is 21.5 Å². The molecule has 0 spiro atoms. The van der Waals surface area contributed by atoms with E-state index in [9.17, 15) is 4.79 Å². The van der Waals surface area contributed by atoms with Gasteiger partial charge < -0.3 is 10.2 Å². The molecule has 76 valence electrons. The van der Waals surface area contributed by atoms with E-state index in [-0.39, 0.29) is 5.78 Å². The fourth-order valence-corrected chi connectivity index (χ4v) is 1.68. The van der Waals surface area contributed by atoms with Crippen LogP contribution in [0.3, 0.4) is 0 Å². The third-order valence-electron chi connectivity index (χ3n) is 1.98. The van der Waals surface area contributed by atoms with Crippen molar-refractivity contribution in [2.75, 3.05) is 5.73 Å². The molecule has 0 aliphatic heterocycles. The van der Waals surface area contributed by atoms with E-state index in [2.05, 4.69) is 15.9 Å². The molecule has 2 N–H and O–H groups in total. The maximum atomic E-state index is 11.9. The van der Waals surface area contributed by atoms with Gasteiger partial charge in [0.2, 0.25) is 5.78 Å². The van der Waals surface area contributed by atoms with Crippen LogP contribution < -0.4 is 5.73 Å². The predicted molar refractivity (Wildman–Crippen MR) is 60.7 cm³/mol. The standard InChI is InChI=1S/C11H8BrNO2/c12-9-4-3-7(13)6-8(9)11(14)10-2-1-5-15-10/h1-6H,13H2. The number of carbonyl (C=O) groups excluding carboxylic acids is 1. The zero-order valence-electron chi connectivity index (χ0n) is 7.74. The molecule has 1 heterocycles. The zero-order chi connectivity index (χ0) is 10.8. The molecule has 0 fully saturated rings. The van der Waals surface area contributed by atoms with Crippen LogP contribution >= 0.6 is 15.9 Å². The van der Waals surface area contributed by atoms with Crippen molar-refractivity contribution < 1.29 is 9.21 Å². The van der Waals surface area contributed by atoms with Crippen molar-refractivity contribution in [2.24, 2.45) is 0 Å². The number of carbonyl (C=O) groups is 1. The van der Waals surface area contributed by atoms with Gasteiger partial charge in [-0.25, -0.2) is 0 Å². The van der Waals surface area contributed by atoms with Crippen LogP contribution in [0.25, 0.3) is 0 Å². The third-order valence-corrected chi connectivity index (χ3v) is 2.67. The Bertz CT molecular complexity index is 491. The Morgan fingerprint density at radius 2 is 2.13 bits per heavy atom. The second-order valence-corrected chi connectivity index (χ2v) is 3.90. The minimum Gasteiger partial charge on any atom is -0.461 e. The van der Waals surface area contributed by atoms with Gasteiger partial charge in [-0.3, -0.25) is 4.79 Å². The average molecular weight is 266 g/mol. The highest BCUT2D eigenvalue weighted by atomic mass is 79.9. The Hall–Kier alpha value is -1.55. The van der Waals surface area contributed by atoms with E-state index in [1.54, 1.807) is 30.3 Å². The molecule has 0 saturated heterocycles. The van der Waals surface area contributed by atoms with Crippen LogP contribution in [0.2, 0.25) is 0 Å². The lowest BCUT2D eigenvalue weighted by Crippen LogP contribution is -2.01. The van der Waals surface area contributed by atoms with Gasteiger partial charge in [0.05, 0.1) is 6.26 Å².